The Bertz CT molecular complexity index is 881. The third kappa shape index (κ3) is 5.97. The lowest BCUT2D eigenvalue weighted by molar-refractivity contribution is -0.124. The predicted octanol–water partition coefficient (Wildman–Crippen LogP) is 1.44. The molecule has 1 aliphatic heterocycles. The Morgan fingerprint density at radius 3 is 2.48 bits per heavy atom. The van der Waals surface area contributed by atoms with Gasteiger partial charge in [0.05, 0.1) is 12.1 Å². The number of nitrogens with one attached hydrogen (secondary N) is 2. The number of benzene rings is 2. The van der Waals surface area contributed by atoms with Crippen LogP contribution in [0.3, 0.4) is 0 Å². The normalized spacial score (nSPS) is 14.6. The van der Waals surface area contributed by atoms with Crippen LogP contribution in [0.25, 0.3) is 0 Å². The van der Waals surface area contributed by atoms with Gasteiger partial charge in [0.15, 0.2) is 18.1 Å². The molecule has 8 nitrogen and oxygen atoms in total. The highest BCUT2D eigenvalue weighted by atomic mass is 16.6. The molecule has 2 aromatic rings. The van der Waals surface area contributed by atoms with E-state index in [1.807, 2.05) is 18.2 Å². The molecule has 0 saturated heterocycles. The van der Waals surface area contributed by atoms with Gasteiger partial charge in [-0.3, -0.25) is 9.59 Å². The maximum absolute atomic E-state index is 12.1. The molecule has 0 aliphatic carbocycles. The number of hydrogen-bond acceptors (Lipinski definition) is 6. The van der Waals surface area contributed by atoms with Gasteiger partial charge in [-0.1, -0.05) is 24.3 Å². The number of hydrogen-bond donors (Lipinski definition) is 2. The lowest BCUT2D eigenvalue weighted by atomic mass is 10.1. The molecule has 2 N–H and O–H groups in total. The van der Waals surface area contributed by atoms with E-state index in [1.54, 1.807) is 30.3 Å². The van der Waals surface area contributed by atoms with E-state index in [0.29, 0.717) is 30.2 Å². The summed E-state index contributed by atoms with van der Waals surface area (Å²) in [7, 11) is 0. The standard InChI is InChI=1S/C21H22N2O6/c1-14(24)22-10-15-6-8-16(9-7-15)21(26)28-13-20(25)23-11-17-12-27-18-4-2-3-5-19(18)29-17/h2-9,17H,10-13H2,1H3,(H,22,24)(H,23,25). The maximum Gasteiger partial charge on any atom is 0.338 e. The van der Waals surface area contributed by atoms with Crippen LogP contribution in [0.4, 0.5) is 0 Å². The van der Waals surface area contributed by atoms with Crippen LogP contribution in [-0.4, -0.2) is 43.6 Å². The van der Waals surface area contributed by atoms with Crippen molar-refractivity contribution in [2.24, 2.45) is 0 Å². The van der Waals surface area contributed by atoms with Crippen molar-refractivity contribution >= 4 is 17.8 Å². The van der Waals surface area contributed by atoms with Crippen molar-refractivity contribution in [1.82, 2.24) is 10.6 Å². The van der Waals surface area contributed by atoms with Crippen LogP contribution in [-0.2, 0) is 20.9 Å². The van der Waals surface area contributed by atoms with Crippen molar-refractivity contribution in [3.8, 4) is 11.5 Å². The van der Waals surface area contributed by atoms with Crippen LogP contribution in [0.15, 0.2) is 48.5 Å². The van der Waals surface area contributed by atoms with Crippen molar-refractivity contribution in [2.75, 3.05) is 19.8 Å². The van der Waals surface area contributed by atoms with Crippen molar-refractivity contribution in [3.63, 3.8) is 0 Å². The van der Waals surface area contributed by atoms with Crippen LogP contribution in [0.5, 0.6) is 11.5 Å². The molecule has 1 heterocycles. The third-order valence-electron chi connectivity index (χ3n) is 4.16. The molecule has 2 aromatic carbocycles. The maximum atomic E-state index is 12.1. The van der Waals surface area contributed by atoms with Crippen LogP contribution in [0, 0.1) is 0 Å². The van der Waals surface area contributed by atoms with E-state index in [-0.39, 0.29) is 18.6 Å². The first-order valence-electron chi connectivity index (χ1n) is 9.17. The fraction of sp³-hybridized carbons (Fsp3) is 0.286. The molecule has 1 unspecified atom stereocenters. The lowest BCUT2D eigenvalue weighted by Crippen LogP contribution is -2.42. The second-order valence-electron chi connectivity index (χ2n) is 6.48. The molecule has 0 aromatic heterocycles. The van der Waals surface area contributed by atoms with Crippen molar-refractivity contribution in [2.45, 2.75) is 19.6 Å². The van der Waals surface area contributed by atoms with Gasteiger partial charge < -0.3 is 24.8 Å². The molecule has 1 atom stereocenters. The Morgan fingerprint density at radius 2 is 1.76 bits per heavy atom. The van der Waals surface area contributed by atoms with Gasteiger partial charge in [0.25, 0.3) is 5.91 Å². The Morgan fingerprint density at radius 1 is 1.03 bits per heavy atom. The van der Waals surface area contributed by atoms with Gasteiger partial charge >= 0.3 is 5.97 Å². The van der Waals surface area contributed by atoms with Crippen LogP contribution < -0.4 is 20.1 Å². The Labute approximate surface area is 168 Å². The highest BCUT2D eigenvalue weighted by Crippen LogP contribution is 2.30. The monoisotopic (exact) mass is 398 g/mol. The molecule has 29 heavy (non-hydrogen) atoms. The van der Waals surface area contributed by atoms with E-state index in [9.17, 15) is 14.4 Å². The SMILES string of the molecule is CC(=O)NCc1ccc(C(=O)OCC(=O)NCC2COc3ccccc3O2)cc1. The topological polar surface area (TPSA) is 103 Å². The summed E-state index contributed by atoms with van der Waals surface area (Å²) in [5, 5.41) is 5.34. The summed E-state index contributed by atoms with van der Waals surface area (Å²) in [6, 6.07) is 13.9. The molecule has 1 aliphatic rings. The van der Waals surface area contributed by atoms with Crippen molar-refractivity contribution < 1.29 is 28.6 Å². The summed E-state index contributed by atoms with van der Waals surface area (Å²) in [4.78, 5) is 34.9. The summed E-state index contributed by atoms with van der Waals surface area (Å²) in [5.74, 6) is 0.146. The first-order chi connectivity index (χ1) is 14.0. The summed E-state index contributed by atoms with van der Waals surface area (Å²) < 4.78 is 16.4. The number of fused-ring (bicyclic) bond motifs is 1. The minimum Gasteiger partial charge on any atom is -0.486 e. The smallest absolute Gasteiger partial charge is 0.338 e. The number of amides is 2. The largest absolute Gasteiger partial charge is 0.486 e. The van der Waals surface area contributed by atoms with Gasteiger partial charge in [-0.25, -0.2) is 4.79 Å². The van der Waals surface area contributed by atoms with E-state index in [1.165, 1.54) is 6.92 Å². The van der Waals surface area contributed by atoms with E-state index in [2.05, 4.69) is 10.6 Å². The summed E-state index contributed by atoms with van der Waals surface area (Å²) in [5.41, 5.74) is 1.18. The molecule has 152 valence electrons. The number of esters is 1. The van der Waals surface area contributed by atoms with Crippen LogP contribution in [0.2, 0.25) is 0 Å². The number of carbonyl (C=O) groups excluding carboxylic acids is 3. The first kappa shape index (κ1) is 20.2. The quantitative estimate of drug-likeness (QED) is 0.684. The van der Waals surface area contributed by atoms with Gasteiger partial charge in [0.2, 0.25) is 5.91 Å². The highest BCUT2D eigenvalue weighted by molar-refractivity contribution is 5.91. The molecular weight excluding hydrogens is 376 g/mol. The molecule has 0 saturated carbocycles. The zero-order valence-corrected chi connectivity index (χ0v) is 16.0. The molecule has 0 radical (unpaired) electrons. The summed E-state index contributed by atoms with van der Waals surface area (Å²) >= 11 is 0. The second kappa shape index (κ2) is 9.59. The van der Waals surface area contributed by atoms with Gasteiger partial charge in [-0.05, 0) is 29.8 Å². The molecule has 2 amide bonds. The summed E-state index contributed by atoms with van der Waals surface area (Å²) in [6.45, 7) is 1.98. The van der Waals surface area contributed by atoms with Crippen LogP contribution in [0.1, 0.15) is 22.8 Å². The van der Waals surface area contributed by atoms with Crippen molar-refractivity contribution in [3.05, 3.63) is 59.7 Å². The average molecular weight is 398 g/mol. The fourth-order valence-corrected chi connectivity index (χ4v) is 2.64. The zero-order chi connectivity index (χ0) is 20.6. The molecule has 0 fully saturated rings. The average Bonchev–Trinajstić information content (AvgIpc) is 2.74. The lowest BCUT2D eigenvalue weighted by Gasteiger charge is -2.26. The van der Waals surface area contributed by atoms with E-state index in [4.69, 9.17) is 14.2 Å². The zero-order valence-electron chi connectivity index (χ0n) is 16.0. The van der Waals surface area contributed by atoms with Gasteiger partial charge in [0.1, 0.15) is 12.7 Å². The van der Waals surface area contributed by atoms with E-state index in [0.717, 1.165) is 5.56 Å². The molecule has 0 spiro atoms. The Hall–Kier alpha value is -3.55. The third-order valence-corrected chi connectivity index (χ3v) is 4.16. The minimum absolute atomic E-state index is 0.131. The predicted molar refractivity (Wildman–Crippen MR) is 104 cm³/mol. The van der Waals surface area contributed by atoms with E-state index >= 15 is 0 Å². The molecule has 8 heteroatoms. The molecular formula is C21H22N2O6. The van der Waals surface area contributed by atoms with Crippen LogP contribution >= 0.6 is 0 Å². The fourth-order valence-electron chi connectivity index (χ4n) is 2.64. The first-order valence-corrected chi connectivity index (χ1v) is 9.17. The second-order valence-corrected chi connectivity index (χ2v) is 6.48. The molecule has 3 rings (SSSR count). The van der Waals surface area contributed by atoms with Gasteiger partial charge in [0, 0.05) is 13.5 Å². The Balaban J connectivity index is 1.39. The van der Waals surface area contributed by atoms with Gasteiger partial charge in [-0.2, -0.15) is 0 Å². The minimum atomic E-state index is -0.600. The Kier molecular flexibility index (Phi) is 6.67. The number of para-hydroxylation sites is 2. The highest BCUT2D eigenvalue weighted by Gasteiger charge is 2.21. The summed E-state index contributed by atoms with van der Waals surface area (Å²) in [6.07, 6.45) is -0.319. The number of ether oxygens (including phenoxy) is 3. The number of carbonyl (C=O) groups is 3. The molecule has 0 bridgehead atoms. The van der Waals surface area contributed by atoms with Crippen molar-refractivity contribution in [1.29, 1.82) is 0 Å². The van der Waals surface area contributed by atoms with Gasteiger partial charge in [-0.15, -0.1) is 0 Å². The number of rotatable bonds is 7. The van der Waals surface area contributed by atoms with E-state index < -0.39 is 18.5 Å².